The van der Waals surface area contributed by atoms with Gasteiger partial charge in [-0.3, -0.25) is 4.79 Å². The Morgan fingerprint density at radius 2 is 2.09 bits per heavy atom. The first kappa shape index (κ1) is 15.9. The lowest BCUT2D eigenvalue weighted by Gasteiger charge is -2.16. The lowest BCUT2D eigenvalue weighted by molar-refractivity contribution is -0.131. The molecule has 0 saturated heterocycles. The molecule has 22 heavy (non-hydrogen) atoms. The van der Waals surface area contributed by atoms with Crippen LogP contribution in [0, 0.1) is 5.82 Å². The molecule has 0 aliphatic rings. The SMILES string of the molecule is COCc1nn(CC(=O)N(C)Cc2ccc(F)cc2)c(=O)o1. The molecular formula is C14H16FN3O4. The first-order valence-electron chi connectivity index (χ1n) is 6.53. The van der Waals surface area contributed by atoms with Crippen molar-refractivity contribution in [3.8, 4) is 0 Å². The molecule has 0 radical (unpaired) electrons. The number of likely N-dealkylation sites (N-methyl/N-ethyl adjacent to an activating group) is 1. The van der Waals surface area contributed by atoms with Gasteiger partial charge in [0.15, 0.2) is 0 Å². The van der Waals surface area contributed by atoms with E-state index in [1.807, 2.05) is 0 Å². The van der Waals surface area contributed by atoms with Gasteiger partial charge in [-0.15, -0.1) is 5.10 Å². The molecule has 0 aliphatic carbocycles. The Morgan fingerprint density at radius 3 is 2.73 bits per heavy atom. The van der Waals surface area contributed by atoms with Gasteiger partial charge in [-0.05, 0) is 17.7 Å². The number of rotatable bonds is 6. The van der Waals surface area contributed by atoms with Crippen LogP contribution >= 0.6 is 0 Å². The van der Waals surface area contributed by atoms with Crippen LogP contribution in [0.1, 0.15) is 11.5 Å². The average molecular weight is 309 g/mol. The molecule has 0 fully saturated rings. The summed E-state index contributed by atoms with van der Waals surface area (Å²) in [6.07, 6.45) is 0. The fourth-order valence-electron chi connectivity index (χ4n) is 1.83. The van der Waals surface area contributed by atoms with Crippen molar-refractivity contribution in [2.75, 3.05) is 14.2 Å². The lowest BCUT2D eigenvalue weighted by atomic mass is 10.2. The summed E-state index contributed by atoms with van der Waals surface area (Å²) < 4.78 is 23.4. The van der Waals surface area contributed by atoms with Crippen molar-refractivity contribution in [1.29, 1.82) is 0 Å². The molecule has 0 aliphatic heterocycles. The number of hydrogen-bond donors (Lipinski definition) is 0. The van der Waals surface area contributed by atoms with Gasteiger partial charge in [0.2, 0.25) is 11.8 Å². The van der Waals surface area contributed by atoms with E-state index in [1.54, 1.807) is 19.2 Å². The Labute approximate surface area is 125 Å². The summed E-state index contributed by atoms with van der Waals surface area (Å²) in [5, 5.41) is 3.86. The van der Waals surface area contributed by atoms with E-state index < -0.39 is 5.76 Å². The summed E-state index contributed by atoms with van der Waals surface area (Å²) in [5.74, 6) is -1.25. The second-order valence-electron chi connectivity index (χ2n) is 4.73. The largest absolute Gasteiger partial charge is 0.437 e. The molecule has 2 rings (SSSR count). The third-order valence-electron chi connectivity index (χ3n) is 2.96. The van der Waals surface area contributed by atoms with Crippen LogP contribution in [0.15, 0.2) is 33.5 Å². The Bertz CT molecular complexity index is 693. The molecule has 7 nitrogen and oxygen atoms in total. The smallest absolute Gasteiger partial charge is 0.390 e. The van der Waals surface area contributed by atoms with Crippen LogP contribution in [0.2, 0.25) is 0 Å². The van der Waals surface area contributed by atoms with Gasteiger partial charge < -0.3 is 14.1 Å². The number of carbonyl (C=O) groups excluding carboxylic acids is 1. The van der Waals surface area contributed by atoms with Crippen molar-refractivity contribution in [3.63, 3.8) is 0 Å². The monoisotopic (exact) mass is 309 g/mol. The predicted molar refractivity (Wildman–Crippen MR) is 74.4 cm³/mol. The zero-order chi connectivity index (χ0) is 16.1. The van der Waals surface area contributed by atoms with E-state index in [9.17, 15) is 14.0 Å². The lowest BCUT2D eigenvalue weighted by Crippen LogP contribution is -2.33. The van der Waals surface area contributed by atoms with Crippen LogP contribution in [-0.2, 0) is 29.2 Å². The number of methoxy groups -OCH3 is 1. The first-order valence-corrected chi connectivity index (χ1v) is 6.53. The maximum Gasteiger partial charge on any atom is 0.437 e. The number of aromatic nitrogens is 2. The molecular weight excluding hydrogens is 293 g/mol. The van der Waals surface area contributed by atoms with E-state index in [0.717, 1.165) is 10.2 Å². The van der Waals surface area contributed by atoms with E-state index in [-0.39, 0.29) is 30.8 Å². The van der Waals surface area contributed by atoms with Crippen LogP contribution in [0.3, 0.4) is 0 Å². The van der Waals surface area contributed by atoms with Crippen LogP contribution in [0.5, 0.6) is 0 Å². The highest BCUT2D eigenvalue weighted by atomic mass is 19.1. The standard InChI is InChI=1S/C14H16FN3O4/c1-17(7-10-3-5-11(15)6-4-10)13(19)8-18-14(20)22-12(16-18)9-21-2/h3-6H,7-9H2,1-2H3. The number of halogens is 1. The van der Waals surface area contributed by atoms with Crippen molar-refractivity contribution >= 4 is 5.91 Å². The molecule has 2 aromatic rings. The van der Waals surface area contributed by atoms with Gasteiger partial charge in [0.1, 0.15) is 19.0 Å². The van der Waals surface area contributed by atoms with Crippen LogP contribution in [0.25, 0.3) is 0 Å². The number of benzene rings is 1. The molecule has 0 saturated carbocycles. The highest BCUT2D eigenvalue weighted by Gasteiger charge is 2.15. The quantitative estimate of drug-likeness (QED) is 0.788. The van der Waals surface area contributed by atoms with E-state index in [2.05, 4.69) is 5.10 Å². The summed E-state index contributed by atoms with van der Waals surface area (Å²) >= 11 is 0. The van der Waals surface area contributed by atoms with Gasteiger partial charge in [0.05, 0.1) is 0 Å². The fourth-order valence-corrected chi connectivity index (χ4v) is 1.83. The van der Waals surface area contributed by atoms with Crippen molar-refractivity contribution in [2.45, 2.75) is 19.7 Å². The van der Waals surface area contributed by atoms with Gasteiger partial charge in [-0.1, -0.05) is 12.1 Å². The highest BCUT2D eigenvalue weighted by Crippen LogP contribution is 2.06. The summed E-state index contributed by atoms with van der Waals surface area (Å²) in [4.78, 5) is 25.0. The molecule has 118 valence electrons. The molecule has 0 bridgehead atoms. The van der Waals surface area contributed by atoms with Crippen molar-refractivity contribution in [3.05, 3.63) is 52.1 Å². The van der Waals surface area contributed by atoms with E-state index in [1.165, 1.54) is 24.1 Å². The second kappa shape index (κ2) is 6.99. The minimum atomic E-state index is -0.712. The second-order valence-corrected chi connectivity index (χ2v) is 4.73. The van der Waals surface area contributed by atoms with Gasteiger partial charge >= 0.3 is 5.76 Å². The van der Waals surface area contributed by atoms with Crippen LogP contribution in [-0.4, -0.2) is 34.7 Å². The maximum atomic E-state index is 12.8. The summed E-state index contributed by atoms with van der Waals surface area (Å²) in [6.45, 7) is 0.127. The minimum Gasteiger partial charge on any atom is -0.390 e. The molecule has 0 spiro atoms. The highest BCUT2D eigenvalue weighted by molar-refractivity contribution is 5.75. The normalized spacial score (nSPS) is 10.7. The zero-order valence-electron chi connectivity index (χ0n) is 12.3. The Morgan fingerprint density at radius 1 is 1.41 bits per heavy atom. The zero-order valence-corrected chi connectivity index (χ0v) is 12.3. The molecule has 0 N–H and O–H groups in total. The van der Waals surface area contributed by atoms with Gasteiger partial charge in [0, 0.05) is 20.7 Å². The van der Waals surface area contributed by atoms with Crippen LogP contribution < -0.4 is 5.76 Å². The fraction of sp³-hybridized carbons (Fsp3) is 0.357. The van der Waals surface area contributed by atoms with E-state index in [4.69, 9.17) is 9.15 Å². The topological polar surface area (TPSA) is 77.6 Å². The molecule has 8 heteroatoms. The van der Waals surface area contributed by atoms with Gasteiger partial charge in [-0.25, -0.2) is 9.18 Å². The first-order chi connectivity index (χ1) is 10.5. The number of nitrogens with zero attached hydrogens (tertiary/aromatic N) is 3. The number of amides is 1. The Hall–Kier alpha value is -2.48. The van der Waals surface area contributed by atoms with E-state index in [0.29, 0.717) is 6.54 Å². The van der Waals surface area contributed by atoms with Crippen molar-refractivity contribution in [1.82, 2.24) is 14.7 Å². The molecule has 1 amide bonds. The number of ether oxygens (including phenoxy) is 1. The average Bonchev–Trinajstić information content (AvgIpc) is 2.81. The minimum absolute atomic E-state index is 0.0574. The van der Waals surface area contributed by atoms with Gasteiger partial charge in [0.25, 0.3) is 0 Å². The summed E-state index contributed by atoms with van der Waals surface area (Å²) in [7, 11) is 3.04. The maximum absolute atomic E-state index is 12.8. The molecule has 0 atom stereocenters. The van der Waals surface area contributed by atoms with Gasteiger partial charge in [-0.2, -0.15) is 4.68 Å². The predicted octanol–water partition coefficient (Wildman–Crippen LogP) is 0.780. The van der Waals surface area contributed by atoms with Crippen LogP contribution in [0.4, 0.5) is 4.39 Å². The molecule has 1 heterocycles. The van der Waals surface area contributed by atoms with Crippen molar-refractivity contribution < 1.29 is 18.3 Å². The number of carbonyl (C=O) groups is 1. The number of hydrogen-bond acceptors (Lipinski definition) is 5. The van der Waals surface area contributed by atoms with Crippen molar-refractivity contribution in [2.24, 2.45) is 0 Å². The summed E-state index contributed by atoms with van der Waals surface area (Å²) in [6, 6.07) is 5.84. The molecule has 1 aromatic carbocycles. The summed E-state index contributed by atoms with van der Waals surface area (Å²) in [5.41, 5.74) is 0.782. The van der Waals surface area contributed by atoms with E-state index >= 15 is 0 Å². The third kappa shape index (κ3) is 4.01. The third-order valence-corrected chi connectivity index (χ3v) is 2.96. The Kier molecular flexibility index (Phi) is 5.05. The molecule has 1 aromatic heterocycles. The Balaban J connectivity index is 1.99. The molecule has 0 unspecified atom stereocenters.